The van der Waals surface area contributed by atoms with Gasteiger partial charge in [-0.05, 0) is 83.5 Å². The van der Waals surface area contributed by atoms with Crippen molar-refractivity contribution in [2.45, 2.75) is 296 Å². The second-order valence-corrected chi connectivity index (χ2v) is 18.9. The van der Waals surface area contributed by atoms with E-state index in [4.69, 9.17) is 4.74 Å². The predicted octanol–water partition coefficient (Wildman–Crippen LogP) is 17.0. The van der Waals surface area contributed by atoms with E-state index < -0.39 is 12.1 Å². The van der Waals surface area contributed by atoms with E-state index in [2.05, 4.69) is 55.6 Å². The molecule has 2 atom stereocenters. The number of aliphatic hydroxyl groups excluding tert-OH is 2. The Morgan fingerprint density at radius 2 is 0.812 bits per heavy atom. The van der Waals surface area contributed by atoms with Crippen molar-refractivity contribution in [3.63, 3.8) is 0 Å². The van der Waals surface area contributed by atoms with Crippen molar-refractivity contribution in [3.8, 4) is 0 Å². The lowest BCUT2D eigenvalue weighted by atomic mass is 10.0. The molecule has 0 rings (SSSR count). The standard InChI is InChI=1S/C58H107NO5/c1-3-5-7-9-11-13-15-17-18-19-20-21-23-27-30-34-38-42-46-50-56(61)55(54-60)59-57(62)51-47-43-39-35-31-28-24-22-25-29-33-37-41-45-49-53-64-58(63)52-48-44-40-36-32-26-16-14-12-10-8-6-4-2/h8,10,14,16,25,29,46,50,55-56,60-61H,3-7,9,11-13,15,17-24,26-28,30-45,47-49,51-54H2,1-2H3,(H,59,62)/b10-8-,16-14-,29-25-,50-46+. The van der Waals surface area contributed by atoms with Crippen LogP contribution in [0.4, 0.5) is 0 Å². The molecule has 0 aliphatic rings. The van der Waals surface area contributed by atoms with Crippen molar-refractivity contribution < 1.29 is 24.5 Å². The van der Waals surface area contributed by atoms with Gasteiger partial charge < -0.3 is 20.3 Å². The third-order valence-electron chi connectivity index (χ3n) is 12.5. The summed E-state index contributed by atoms with van der Waals surface area (Å²) in [6.07, 6.45) is 66.9. The largest absolute Gasteiger partial charge is 0.466 e. The lowest BCUT2D eigenvalue weighted by Gasteiger charge is -2.20. The van der Waals surface area contributed by atoms with Crippen molar-refractivity contribution in [1.29, 1.82) is 0 Å². The molecule has 64 heavy (non-hydrogen) atoms. The molecule has 0 aromatic rings. The highest BCUT2D eigenvalue weighted by Gasteiger charge is 2.18. The van der Waals surface area contributed by atoms with Crippen LogP contribution in [0.5, 0.6) is 0 Å². The van der Waals surface area contributed by atoms with Gasteiger partial charge in [0.2, 0.25) is 5.91 Å². The maximum absolute atomic E-state index is 12.5. The number of carbonyl (C=O) groups excluding carboxylic acids is 2. The first kappa shape index (κ1) is 61.8. The number of esters is 1. The molecule has 0 saturated carbocycles. The number of aliphatic hydroxyl groups is 2. The molecule has 0 spiro atoms. The normalized spacial score (nSPS) is 13.0. The molecule has 374 valence electrons. The number of amides is 1. The Kier molecular flexibility index (Phi) is 51.6. The minimum absolute atomic E-state index is 0.0270. The monoisotopic (exact) mass is 898 g/mol. The van der Waals surface area contributed by atoms with E-state index in [9.17, 15) is 19.8 Å². The molecule has 0 aromatic heterocycles. The Morgan fingerprint density at radius 3 is 1.27 bits per heavy atom. The molecule has 3 N–H and O–H groups in total. The summed E-state index contributed by atoms with van der Waals surface area (Å²) in [4.78, 5) is 24.5. The van der Waals surface area contributed by atoms with Crippen molar-refractivity contribution in [2.24, 2.45) is 0 Å². The van der Waals surface area contributed by atoms with E-state index in [1.54, 1.807) is 6.08 Å². The zero-order chi connectivity index (χ0) is 46.5. The maximum atomic E-state index is 12.5. The quantitative estimate of drug-likeness (QED) is 0.0321. The van der Waals surface area contributed by atoms with Gasteiger partial charge in [0.05, 0.1) is 25.4 Å². The Balaban J connectivity index is 3.53. The number of ether oxygens (including phenoxy) is 1. The zero-order valence-electron chi connectivity index (χ0n) is 42.5. The molecule has 6 nitrogen and oxygen atoms in total. The average Bonchev–Trinajstić information content (AvgIpc) is 3.29. The van der Waals surface area contributed by atoms with E-state index >= 15 is 0 Å². The molecule has 0 bridgehead atoms. The summed E-state index contributed by atoms with van der Waals surface area (Å²) in [6.45, 7) is 4.80. The number of carbonyl (C=O) groups is 2. The van der Waals surface area contributed by atoms with Crippen LogP contribution in [0.15, 0.2) is 48.6 Å². The molecular formula is C58H107NO5. The summed E-state index contributed by atoms with van der Waals surface area (Å²) in [6, 6.07) is -0.641. The van der Waals surface area contributed by atoms with Gasteiger partial charge in [-0.25, -0.2) is 0 Å². The van der Waals surface area contributed by atoms with Crippen LogP contribution < -0.4 is 5.32 Å². The lowest BCUT2D eigenvalue weighted by Crippen LogP contribution is -2.45. The summed E-state index contributed by atoms with van der Waals surface area (Å²) in [7, 11) is 0. The van der Waals surface area contributed by atoms with Gasteiger partial charge in [0.25, 0.3) is 0 Å². The highest BCUT2D eigenvalue weighted by Crippen LogP contribution is 2.16. The van der Waals surface area contributed by atoms with Gasteiger partial charge in [0, 0.05) is 12.8 Å². The molecule has 0 aliphatic carbocycles. The number of allylic oxidation sites excluding steroid dienone is 7. The predicted molar refractivity (Wildman–Crippen MR) is 278 cm³/mol. The smallest absolute Gasteiger partial charge is 0.305 e. The SMILES string of the molecule is CCC/C=C\C/C=C\CCCCCCCC(=O)OCCCCCC/C=C\CCCCCCCCCC(=O)NC(CO)C(O)/C=C/CCCCCCCCCCCCCCCCCCC. The highest BCUT2D eigenvalue weighted by molar-refractivity contribution is 5.76. The number of rotatable bonds is 51. The molecule has 0 fully saturated rings. The molecule has 0 radical (unpaired) electrons. The van der Waals surface area contributed by atoms with E-state index in [1.807, 2.05) is 6.08 Å². The van der Waals surface area contributed by atoms with Crippen LogP contribution >= 0.6 is 0 Å². The highest BCUT2D eigenvalue weighted by atomic mass is 16.5. The summed E-state index contributed by atoms with van der Waals surface area (Å²) in [5.74, 6) is -0.110. The van der Waals surface area contributed by atoms with E-state index in [0.29, 0.717) is 19.4 Å². The molecule has 0 aliphatic heterocycles. The molecule has 0 saturated heterocycles. The van der Waals surface area contributed by atoms with E-state index in [1.165, 1.54) is 173 Å². The van der Waals surface area contributed by atoms with Gasteiger partial charge in [-0.2, -0.15) is 0 Å². The zero-order valence-corrected chi connectivity index (χ0v) is 42.5. The second-order valence-electron chi connectivity index (χ2n) is 18.9. The summed E-state index contributed by atoms with van der Waals surface area (Å²) in [5, 5.41) is 23.1. The van der Waals surface area contributed by atoms with Gasteiger partial charge >= 0.3 is 5.97 Å². The van der Waals surface area contributed by atoms with Crippen molar-refractivity contribution in [1.82, 2.24) is 5.32 Å². The van der Waals surface area contributed by atoms with Gasteiger partial charge in [0.15, 0.2) is 0 Å². The van der Waals surface area contributed by atoms with Crippen LogP contribution in [0, 0.1) is 0 Å². The molecular weight excluding hydrogens is 791 g/mol. The number of nitrogens with one attached hydrogen (secondary N) is 1. The van der Waals surface area contributed by atoms with Gasteiger partial charge in [-0.3, -0.25) is 9.59 Å². The lowest BCUT2D eigenvalue weighted by molar-refractivity contribution is -0.143. The Bertz CT molecular complexity index is 1080. The molecule has 6 heteroatoms. The van der Waals surface area contributed by atoms with Gasteiger partial charge in [0.1, 0.15) is 0 Å². The Hall–Kier alpha value is -2.18. The minimum Gasteiger partial charge on any atom is -0.466 e. The van der Waals surface area contributed by atoms with E-state index in [0.717, 1.165) is 83.5 Å². The number of hydrogen-bond acceptors (Lipinski definition) is 5. The fourth-order valence-corrected chi connectivity index (χ4v) is 8.25. The third kappa shape index (κ3) is 49.3. The Labute approximate surface area is 397 Å². The van der Waals surface area contributed by atoms with Crippen molar-refractivity contribution in [3.05, 3.63) is 48.6 Å². The van der Waals surface area contributed by atoms with Crippen molar-refractivity contribution >= 4 is 11.9 Å². The summed E-state index contributed by atoms with van der Waals surface area (Å²) < 4.78 is 5.44. The fourth-order valence-electron chi connectivity index (χ4n) is 8.25. The average molecular weight is 898 g/mol. The van der Waals surface area contributed by atoms with E-state index in [-0.39, 0.29) is 18.5 Å². The van der Waals surface area contributed by atoms with Crippen LogP contribution in [0.25, 0.3) is 0 Å². The third-order valence-corrected chi connectivity index (χ3v) is 12.5. The topological polar surface area (TPSA) is 95.9 Å². The summed E-state index contributed by atoms with van der Waals surface area (Å²) in [5.41, 5.74) is 0. The molecule has 1 amide bonds. The van der Waals surface area contributed by atoms with Crippen LogP contribution in [0.3, 0.4) is 0 Å². The summed E-state index contributed by atoms with van der Waals surface area (Å²) >= 11 is 0. The maximum Gasteiger partial charge on any atom is 0.305 e. The molecule has 2 unspecified atom stereocenters. The fraction of sp³-hybridized carbons (Fsp3) is 0.828. The number of unbranched alkanes of at least 4 members (excludes halogenated alkanes) is 34. The van der Waals surface area contributed by atoms with Crippen LogP contribution in [-0.2, 0) is 14.3 Å². The first-order valence-corrected chi connectivity index (χ1v) is 27.9. The molecule has 0 aromatic carbocycles. The Morgan fingerprint density at radius 1 is 0.438 bits per heavy atom. The number of hydrogen-bond donors (Lipinski definition) is 3. The van der Waals surface area contributed by atoms with Crippen LogP contribution in [0.2, 0.25) is 0 Å². The minimum atomic E-state index is -0.856. The van der Waals surface area contributed by atoms with Crippen LogP contribution in [-0.4, -0.2) is 47.4 Å². The first-order valence-electron chi connectivity index (χ1n) is 27.9. The van der Waals surface area contributed by atoms with Gasteiger partial charge in [-0.1, -0.05) is 236 Å². The van der Waals surface area contributed by atoms with Gasteiger partial charge in [-0.15, -0.1) is 0 Å². The molecule has 0 heterocycles. The first-order chi connectivity index (χ1) is 31.5. The second kappa shape index (κ2) is 53.4. The van der Waals surface area contributed by atoms with Crippen molar-refractivity contribution in [2.75, 3.05) is 13.2 Å². The van der Waals surface area contributed by atoms with Crippen LogP contribution in [0.1, 0.15) is 284 Å².